The summed E-state index contributed by atoms with van der Waals surface area (Å²) in [5.41, 5.74) is 2.99. The molecule has 7 heteroatoms. The summed E-state index contributed by atoms with van der Waals surface area (Å²) in [6.07, 6.45) is 1.24. The van der Waals surface area contributed by atoms with E-state index in [0.29, 0.717) is 24.1 Å². The van der Waals surface area contributed by atoms with Gasteiger partial charge in [0.2, 0.25) is 11.8 Å². The molecule has 0 aliphatic carbocycles. The number of carbonyl (C=O) groups is 3. The second kappa shape index (κ2) is 9.72. The van der Waals surface area contributed by atoms with Crippen LogP contribution in [0, 0.1) is 18.8 Å². The van der Waals surface area contributed by atoms with Gasteiger partial charge in [-0.2, -0.15) is 0 Å². The van der Waals surface area contributed by atoms with Gasteiger partial charge in [-0.05, 0) is 59.7 Å². The zero-order valence-electron chi connectivity index (χ0n) is 21.8. The van der Waals surface area contributed by atoms with Crippen molar-refractivity contribution in [2.45, 2.75) is 51.6 Å². The predicted octanol–water partition coefficient (Wildman–Crippen LogP) is 4.34. The van der Waals surface area contributed by atoms with E-state index in [9.17, 15) is 24.6 Å². The lowest BCUT2D eigenvalue weighted by molar-refractivity contribution is -0.148. The van der Waals surface area contributed by atoms with Crippen LogP contribution >= 0.6 is 0 Å². The van der Waals surface area contributed by atoms with Crippen LogP contribution in [0.4, 0.5) is 5.69 Å². The SMILES string of the molecule is CCc1cccc(CC)c1N1C(=O)C2C(c3ccccc3C)NC(Cc3ccc(O)cc3)(C(=O)O)C2C1=O. The van der Waals surface area contributed by atoms with Gasteiger partial charge < -0.3 is 10.2 Å². The number of carboxylic acids is 1. The highest BCUT2D eigenvalue weighted by atomic mass is 16.4. The second-order valence-corrected chi connectivity index (χ2v) is 10.2. The average molecular weight is 513 g/mol. The number of carbonyl (C=O) groups excluding carboxylic acids is 2. The quantitative estimate of drug-likeness (QED) is 0.407. The van der Waals surface area contributed by atoms with Crippen LogP contribution in [-0.4, -0.2) is 33.5 Å². The Bertz CT molecular complexity index is 1390. The molecule has 2 amide bonds. The minimum Gasteiger partial charge on any atom is -0.508 e. The van der Waals surface area contributed by atoms with E-state index < -0.39 is 35.3 Å². The fourth-order valence-corrected chi connectivity index (χ4v) is 6.30. The summed E-state index contributed by atoms with van der Waals surface area (Å²) < 4.78 is 0. The van der Waals surface area contributed by atoms with Gasteiger partial charge in [-0.3, -0.25) is 19.7 Å². The lowest BCUT2D eigenvalue weighted by atomic mass is 9.76. The Morgan fingerprint density at radius 2 is 1.55 bits per heavy atom. The average Bonchev–Trinajstić information content (AvgIpc) is 3.38. The number of imide groups is 1. The number of nitrogens with zero attached hydrogens (tertiary/aromatic N) is 1. The molecule has 3 aromatic carbocycles. The maximum Gasteiger partial charge on any atom is 0.325 e. The number of amides is 2. The standard InChI is InChI=1S/C31H32N2O5/c1-4-20-10-8-11-21(5-2)27(20)33-28(35)24-25(29(33)36)31(30(37)38,17-19-13-15-22(34)16-14-19)32-26(24)23-12-7-6-9-18(23)3/h6-16,24-26,32,34H,4-5,17H2,1-3H3,(H,37,38). The minimum atomic E-state index is -1.72. The second-order valence-electron chi connectivity index (χ2n) is 10.2. The zero-order chi connectivity index (χ0) is 27.2. The van der Waals surface area contributed by atoms with E-state index >= 15 is 0 Å². The first-order chi connectivity index (χ1) is 18.2. The van der Waals surface area contributed by atoms with Crippen molar-refractivity contribution in [3.05, 3.63) is 94.5 Å². The first kappa shape index (κ1) is 25.7. The van der Waals surface area contributed by atoms with E-state index in [0.717, 1.165) is 22.3 Å². The Labute approximate surface area is 222 Å². The van der Waals surface area contributed by atoms with Crippen LogP contribution in [0.5, 0.6) is 5.75 Å². The number of phenolic OH excluding ortho intramolecular Hbond substituents is 1. The number of carboxylic acid groups (broad SMARTS) is 1. The molecule has 0 spiro atoms. The van der Waals surface area contributed by atoms with Crippen molar-refractivity contribution in [2.75, 3.05) is 4.90 Å². The number of aryl methyl sites for hydroxylation is 3. The number of hydrogen-bond donors (Lipinski definition) is 3. The van der Waals surface area contributed by atoms with Crippen LogP contribution in [0.3, 0.4) is 0 Å². The van der Waals surface area contributed by atoms with Gasteiger partial charge in [0.1, 0.15) is 11.3 Å². The van der Waals surface area contributed by atoms with Crippen LogP contribution in [-0.2, 0) is 33.6 Å². The fraction of sp³-hybridized carbons (Fsp3) is 0.323. The highest BCUT2D eigenvalue weighted by Gasteiger charge is 2.69. The van der Waals surface area contributed by atoms with Crippen molar-refractivity contribution in [1.82, 2.24) is 5.32 Å². The Hall–Kier alpha value is -3.97. The molecule has 0 saturated carbocycles. The van der Waals surface area contributed by atoms with Crippen molar-refractivity contribution >= 4 is 23.5 Å². The Morgan fingerprint density at radius 1 is 0.921 bits per heavy atom. The van der Waals surface area contributed by atoms with E-state index in [1.165, 1.54) is 17.0 Å². The molecule has 0 radical (unpaired) electrons. The number of fused-ring (bicyclic) bond motifs is 1. The molecule has 2 aliphatic heterocycles. The maximum atomic E-state index is 14.3. The summed E-state index contributed by atoms with van der Waals surface area (Å²) in [7, 11) is 0. The summed E-state index contributed by atoms with van der Waals surface area (Å²) in [5, 5.41) is 23.8. The fourth-order valence-electron chi connectivity index (χ4n) is 6.30. The summed E-state index contributed by atoms with van der Waals surface area (Å²) in [6, 6.07) is 19.0. The van der Waals surface area contributed by atoms with Crippen LogP contribution in [0.15, 0.2) is 66.7 Å². The van der Waals surface area contributed by atoms with Crippen LogP contribution < -0.4 is 10.2 Å². The van der Waals surface area contributed by atoms with Gasteiger partial charge in [-0.15, -0.1) is 0 Å². The molecule has 2 heterocycles. The summed E-state index contributed by atoms with van der Waals surface area (Å²) in [5.74, 6) is -3.97. The molecule has 7 nitrogen and oxygen atoms in total. The van der Waals surface area contributed by atoms with Gasteiger partial charge >= 0.3 is 5.97 Å². The maximum absolute atomic E-state index is 14.3. The number of aliphatic carboxylic acids is 1. The number of aromatic hydroxyl groups is 1. The monoisotopic (exact) mass is 512 g/mol. The van der Waals surface area contributed by atoms with Gasteiger partial charge in [-0.1, -0.05) is 68.4 Å². The Kier molecular flexibility index (Phi) is 6.57. The third-order valence-corrected chi connectivity index (χ3v) is 8.17. The highest BCUT2D eigenvalue weighted by Crippen LogP contribution is 2.52. The third kappa shape index (κ3) is 3.89. The summed E-state index contributed by atoms with van der Waals surface area (Å²) >= 11 is 0. The van der Waals surface area contributed by atoms with E-state index in [4.69, 9.17) is 0 Å². The lowest BCUT2D eigenvalue weighted by Crippen LogP contribution is -2.57. The molecule has 0 aromatic heterocycles. The van der Waals surface area contributed by atoms with Crippen LogP contribution in [0.25, 0.3) is 0 Å². The molecule has 4 atom stereocenters. The van der Waals surface area contributed by atoms with Gasteiger partial charge in [0.05, 0.1) is 17.5 Å². The molecule has 3 aromatic rings. The largest absolute Gasteiger partial charge is 0.508 e. The third-order valence-electron chi connectivity index (χ3n) is 8.17. The number of phenols is 1. The number of anilines is 1. The summed E-state index contributed by atoms with van der Waals surface area (Å²) in [4.78, 5) is 43.0. The molecule has 5 rings (SSSR count). The van der Waals surface area contributed by atoms with E-state index in [1.54, 1.807) is 12.1 Å². The molecule has 38 heavy (non-hydrogen) atoms. The zero-order valence-corrected chi connectivity index (χ0v) is 21.8. The molecular formula is C31H32N2O5. The van der Waals surface area contributed by atoms with Crippen molar-refractivity contribution in [3.63, 3.8) is 0 Å². The lowest BCUT2D eigenvalue weighted by Gasteiger charge is -2.32. The number of para-hydroxylation sites is 1. The molecule has 3 N–H and O–H groups in total. The molecule has 2 fully saturated rings. The normalized spacial score (nSPS) is 24.6. The van der Waals surface area contributed by atoms with Crippen molar-refractivity contribution in [2.24, 2.45) is 11.8 Å². The summed E-state index contributed by atoms with van der Waals surface area (Å²) in [6.45, 7) is 5.88. The van der Waals surface area contributed by atoms with Crippen molar-refractivity contribution in [1.29, 1.82) is 0 Å². The van der Waals surface area contributed by atoms with E-state index in [2.05, 4.69) is 5.32 Å². The number of benzene rings is 3. The van der Waals surface area contributed by atoms with Crippen molar-refractivity contribution < 1.29 is 24.6 Å². The predicted molar refractivity (Wildman–Crippen MR) is 144 cm³/mol. The molecule has 4 unspecified atom stereocenters. The van der Waals surface area contributed by atoms with Crippen LogP contribution in [0.2, 0.25) is 0 Å². The highest BCUT2D eigenvalue weighted by molar-refractivity contribution is 6.25. The van der Waals surface area contributed by atoms with Gasteiger partial charge in [0.15, 0.2) is 0 Å². The molecule has 2 aliphatic rings. The minimum absolute atomic E-state index is 0.0188. The molecule has 0 bridgehead atoms. The molecule has 196 valence electrons. The smallest absolute Gasteiger partial charge is 0.325 e. The number of rotatable bonds is 7. The number of hydrogen-bond acceptors (Lipinski definition) is 5. The van der Waals surface area contributed by atoms with Crippen LogP contribution in [0.1, 0.15) is 47.7 Å². The number of nitrogens with one attached hydrogen (secondary N) is 1. The van der Waals surface area contributed by atoms with E-state index in [-0.39, 0.29) is 18.1 Å². The van der Waals surface area contributed by atoms with Gasteiger partial charge in [-0.25, -0.2) is 4.90 Å². The topological polar surface area (TPSA) is 107 Å². The molecular weight excluding hydrogens is 480 g/mol. The van der Waals surface area contributed by atoms with Crippen molar-refractivity contribution in [3.8, 4) is 5.75 Å². The van der Waals surface area contributed by atoms with Gasteiger partial charge in [0.25, 0.3) is 0 Å². The molecule has 2 saturated heterocycles. The van der Waals surface area contributed by atoms with E-state index in [1.807, 2.05) is 63.2 Å². The Balaban J connectivity index is 1.71. The van der Waals surface area contributed by atoms with Gasteiger partial charge in [0, 0.05) is 12.5 Å². The first-order valence-corrected chi connectivity index (χ1v) is 13.1. The Morgan fingerprint density at radius 3 is 2.13 bits per heavy atom. The first-order valence-electron chi connectivity index (χ1n) is 13.1.